The summed E-state index contributed by atoms with van der Waals surface area (Å²) in [6.07, 6.45) is 0.122. The van der Waals surface area contributed by atoms with Crippen LogP contribution in [0.2, 0.25) is 0 Å². The third-order valence-electron chi connectivity index (χ3n) is 5.53. The molecule has 1 saturated heterocycles. The Hall–Kier alpha value is -2.37. The molecule has 0 saturated carbocycles. The van der Waals surface area contributed by atoms with Crippen LogP contribution in [0.3, 0.4) is 0 Å². The quantitative estimate of drug-likeness (QED) is 0.171. The molecule has 2 atom stereocenters. The number of nitrogens with one attached hydrogen (secondary N) is 1. The molecule has 2 amide bonds. The van der Waals surface area contributed by atoms with Crippen molar-refractivity contribution >= 4 is 52.1 Å². The first kappa shape index (κ1) is 23.8. The maximum atomic E-state index is 13.3. The van der Waals surface area contributed by atoms with Crippen LogP contribution in [0.25, 0.3) is 0 Å². The smallest absolute Gasteiger partial charge is 0.355 e. The molecule has 2 aromatic carbocycles. The zero-order chi connectivity index (χ0) is 23.4. The molecule has 33 heavy (non-hydrogen) atoms. The SMILES string of the molecule is CO[C@@]1(NC(=O)Cc2ccccc2)C(=O)N2C(C(=O)OCc3ccccc3)=C(CI)CS[C@H]21. The number of thioether (sulfide) groups is 1. The van der Waals surface area contributed by atoms with Crippen molar-refractivity contribution in [1.82, 2.24) is 10.2 Å². The molecule has 2 heterocycles. The van der Waals surface area contributed by atoms with E-state index < -0.39 is 23.0 Å². The molecule has 0 spiro atoms. The molecule has 9 heteroatoms. The van der Waals surface area contributed by atoms with Gasteiger partial charge in [0.25, 0.3) is 11.6 Å². The Labute approximate surface area is 210 Å². The van der Waals surface area contributed by atoms with Crippen LogP contribution < -0.4 is 5.32 Å². The van der Waals surface area contributed by atoms with Crippen molar-refractivity contribution in [3.05, 3.63) is 83.1 Å². The lowest BCUT2D eigenvalue weighted by Crippen LogP contribution is -2.80. The first-order chi connectivity index (χ1) is 16.0. The van der Waals surface area contributed by atoms with E-state index in [4.69, 9.17) is 9.47 Å². The van der Waals surface area contributed by atoms with Crippen LogP contribution in [-0.4, -0.2) is 51.1 Å². The van der Waals surface area contributed by atoms with Crippen molar-refractivity contribution in [1.29, 1.82) is 0 Å². The number of ether oxygens (including phenoxy) is 2. The van der Waals surface area contributed by atoms with Crippen LogP contribution >= 0.6 is 34.4 Å². The molecule has 1 fully saturated rings. The van der Waals surface area contributed by atoms with Crippen LogP contribution in [0.4, 0.5) is 0 Å². The van der Waals surface area contributed by atoms with Gasteiger partial charge in [-0.3, -0.25) is 14.5 Å². The monoisotopic (exact) mass is 578 g/mol. The molecule has 0 radical (unpaired) electrons. The van der Waals surface area contributed by atoms with Gasteiger partial charge in [-0.05, 0) is 16.7 Å². The second-order valence-corrected chi connectivity index (χ2v) is 9.47. The first-order valence-electron chi connectivity index (χ1n) is 10.3. The fourth-order valence-corrected chi connectivity index (χ4v) is 6.29. The van der Waals surface area contributed by atoms with Crippen molar-refractivity contribution in [2.45, 2.75) is 24.1 Å². The van der Waals surface area contributed by atoms with E-state index in [1.54, 1.807) is 0 Å². The molecule has 0 unspecified atom stereocenters. The summed E-state index contributed by atoms with van der Waals surface area (Å²) in [7, 11) is 1.39. The molecule has 0 aliphatic carbocycles. The Balaban J connectivity index is 1.51. The summed E-state index contributed by atoms with van der Waals surface area (Å²) in [5, 5.41) is 2.22. The number of carbonyl (C=O) groups excluding carboxylic acids is 3. The van der Waals surface area contributed by atoms with Crippen LogP contribution in [0.1, 0.15) is 11.1 Å². The van der Waals surface area contributed by atoms with E-state index in [9.17, 15) is 14.4 Å². The predicted octanol–water partition coefficient (Wildman–Crippen LogP) is 3.04. The van der Waals surface area contributed by atoms with Crippen molar-refractivity contribution in [3.63, 3.8) is 0 Å². The molecule has 0 aromatic heterocycles. The van der Waals surface area contributed by atoms with Crippen molar-refractivity contribution < 1.29 is 23.9 Å². The summed E-state index contributed by atoms with van der Waals surface area (Å²) in [4.78, 5) is 40.5. The fourth-order valence-electron chi connectivity index (χ4n) is 3.86. The van der Waals surface area contributed by atoms with Crippen molar-refractivity contribution in [3.8, 4) is 0 Å². The third kappa shape index (κ3) is 4.67. The summed E-state index contributed by atoms with van der Waals surface area (Å²) in [5.41, 5.74) is 1.25. The number of halogens is 1. The number of β-lactam (4-membered cyclic amide) rings is 1. The number of carbonyl (C=O) groups is 3. The second kappa shape index (κ2) is 10.3. The summed E-state index contributed by atoms with van der Waals surface area (Å²) in [6, 6.07) is 18.6. The number of rotatable bonds is 8. The Morgan fingerprint density at radius 3 is 2.36 bits per heavy atom. The molecule has 2 aliphatic rings. The largest absolute Gasteiger partial charge is 0.456 e. The maximum absolute atomic E-state index is 13.3. The van der Waals surface area contributed by atoms with Gasteiger partial charge in [0.1, 0.15) is 17.7 Å². The average Bonchev–Trinajstić information content (AvgIpc) is 2.85. The molecule has 0 bridgehead atoms. The van der Waals surface area contributed by atoms with E-state index in [2.05, 4.69) is 27.9 Å². The number of benzene rings is 2. The van der Waals surface area contributed by atoms with Gasteiger partial charge < -0.3 is 14.8 Å². The highest BCUT2D eigenvalue weighted by atomic mass is 127. The molecule has 2 aromatic rings. The highest BCUT2D eigenvalue weighted by Gasteiger charge is 2.66. The second-order valence-electron chi connectivity index (χ2n) is 7.64. The summed E-state index contributed by atoms with van der Waals surface area (Å²) < 4.78 is 11.7. The minimum atomic E-state index is -1.52. The van der Waals surface area contributed by atoms with Gasteiger partial charge >= 0.3 is 5.97 Å². The van der Waals surface area contributed by atoms with Crippen LogP contribution in [0.15, 0.2) is 71.9 Å². The normalized spacial score (nSPS) is 21.8. The number of hydrogen-bond donors (Lipinski definition) is 1. The zero-order valence-electron chi connectivity index (χ0n) is 18.0. The molecule has 1 N–H and O–H groups in total. The Morgan fingerprint density at radius 2 is 1.76 bits per heavy atom. The zero-order valence-corrected chi connectivity index (χ0v) is 20.9. The summed E-state index contributed by atoms with van der Waals surface area (Å²) >= 11 is 3.64. The van der Waals surface area contributed by atoms with Crippen molar-refractivity contribution in [2.75, 3.05) is 17.3 Å². The molecule has 7 nitrogen and oxygen atoms in total. The van der Waals surface area contributed by atoms with Crippen molar-refractivity contribution in [2.24, 2.45) is 0 Å². The number of alkyl halides is 1. The highest BCUT2D eigenvalue weighted by molar-refractivity contribution is 14.1. The highest BCUT2D eigenvalue weighted by Crippen LogP contribution is 2.47. The Kier molecular flexibility index (Phi) is 7.40. The van der Waals surface area contributed by atoms with Gasteiger partial charge in [-0.1, -0.05) is 83.3 Å². The lowest BCUT2D eigenvalue weighted by Gasteiger charge is -2.56. The first-order valence-corrected chi connectivity index (χ1v) is 12.9. The van der Waals surface area contributed by atoms with Crippen LogP contribution in [0.5, 0.6) is 0 Å². The van der Waals surface area contributed by atoms with E-state index in [-0.39, 0.29) is 24.6 Å². The standard InChI is InChI=1S/C24H23IN2O5S/c1-31-24(26-19(28)12-16-8-4-2-5-9-16)22(30)27-20(18(13-25)15-33-23(24)27)21(29)32-14-17-10-6-3-7-11-17/h2-11,23H,12-15H2,1H3,(H,26,28)/t23-,24-/m0/s1. The van der Waals surface area contributed by atoms with Gasteiger partial charge in [0.2, 0.25) is 5.91 Å². The van der Waals surface area contributed by atoms with Gasteiger partial charge in [-0.2, -0.15) is 0 Å². The van der Waals surface area contributed by atoms with Gasteiger partial charge in [-0.25, -0.2) is 4.79 Å². The number of nitrogens with zero attached hydrogens (tertiary/aromatic N) is 1. The molecule has 2 aliphatic heterocycles. The van der Waals surface area contributed by atoms with Crippen LogP contribution in [0, 0.1) is 0 Å². The van der Waals surface area contributed by atoms with Gasteiger partial charge in [0.05, 0.1) is 6.42 Å². The van der Waals surface area contributed by atoms with E-state index >= 15 is 0 Å². The molecule has 172 valence electrons. The molecular weight excluding hydrogens is 555 g/mol. The number of esters is 1. The Morgan fingerprint density at radius 1 is 1.12 bits per heavy atom. The lowest BCUT2D eigenvalue weighted by molar-refractivity contribution is -0.193. The average molecular weight is 578 g/mol. The summed E-state index contributed by atoms with van der Waals surface area (Å²) in [5.74, 6) is -0.817. The molecule has 4 rings (SSSR count). The number of fused-ring (bicyclic) bond motifs is 1. The number of hydrogen-bond acceptors (Lipinski definition) is 6. The van der Waals surface area contributed by atoms with E-state index in [1.807, 2.05) is 60.7 Å². The van der Waals surface area contributed by atoms with Gasteiger partial charge in [0.15, 0.2) is 0 Å². The third-order valence-corrected chi connectivity index (χ3v) is 7.83. The Bertz CT molecular complexity index is 1080. The fraction of sp³-hybridized carbons (Fsp3) is 0.292. The van der Waals surface area contributed by atoms with E-state index in [0.29, 0.717) is 10.2 Å². The number of methoxy groups -OCH3 is 1. The number of amides is 2. The van der Waals surface area contributed by atoms with E-state index in [1.165, 1.54) is 23.8 Å². The maximum Gasteiger partial charge on any atom is 0.355 e. The molecular formula is C24H23IN2O5S. The minimum Gasteiger partial charge on any atom is -0.456 e. The van der Waals surface area contributed by atoms with Crippen LogP contribution in [-0.2, 0) is 36.9 Å². The van der Waals surface area contributed by atoms with Gasteiger partial charge in [-0.15, -0.1) is 11.8 Å². The van der Waals surface area contributed by atoms with E-state index in [0.717, 1.165) is 16.7 Å². The topological polar surface area (TPSA) is 84.9 Å². The lowest BCUT2D eigenvalue weighted by atomic mass is 9.98. The predicted molar refractivity (Wildman–Crippen MR) is 133 cm³/mol. The minimum absolute atomic E-state index is 0.112. The van der Waals surface area contributed by atoms with Gasteiger partial charge in [0, 0.05) is 17.3 Å². The summed E-state index contributed by atoms with van der Waals surface area (Å²) in [6.45, 7) is 0.112.